The minimum Gasteiger partial charge on any atom is -0.364 e. The van der Waals surface area contributed by atoms with Crippen molar-refractivity contribution in [3.05, 3.63) is 40.5 Å². The number of rotatable bonds is 4. The van der Waals surface area contributed by atoms with Gasteiger partial charge in [-0.2, -0.15) is 0 Å². The molecule has 0 N–H and O–H groups in total. The van der Waals surface area contributed by atoms with Crippen LogP contribution in [0.3, 0.4) is 0 Å². The Morgan fingerprint density at radius 1 is 0.929 bits per heavy atom. The van der Waals surface area contributed by atoms with E-state index in [2.05, 4.69) is 16.7 Å². The minimum atomic E-state index is -0.132. The number of hydrogen-bond donors (Lipinski definition) is 0. The molecule has 0 spiro atoms. The summed E-state index contributed by atoms with van der Waals surface area (Å²) in [5.41, 5.74) is 1.93. The third-order valence-electron chi connectivity index (χ3n) is 6.30. The topological polar surface area (TPSA) is 43.9 Å². The summed E-state index contributed by atoms with van der Waals surface area (Å²) >= 11 is 6.06. The maximum absolute atomic E-state index is 13.5. The quantitative estimate of drug-likeness (QED) is 0.725. The van der Waals surface area contributed by atoms with Crippen LogP contribution in [0.2, 0.25) is 5.02 Å². The van der Waals surface area contributed by atoms with E-state index in [0.29, 0.717) is 16.3 Å². The zero-order valence-corrected chi connectivity index (χ0v) is 17.2. The van der Waals surface area contributed by atoms with Crippen LogP contribution in [0, 0.1) is 0 Å². The van der Waals surface area contributed by atoms with Gasteiger partial charge in [0.1, 0.15) is 5.70 Å². The highest BCUT2D eigenvalue weighted by Crippen LogP contribution is 2.36. The molecule has 150 valence electrons. The van der Waals surface area contributed by atoms with Crippen LogP contribution in [0.1, 0.15) is 44.6 Å². The highest BCUT2D eigenvalue weighted by atomic mass is 35.5. The monoisotopic (exact) mass is 401 g/mol. The molecule has 6 heteroatoms. The lowest BCUT2D eigenvalue weighted by molar-refractivity contribution is -0.141. The van der Waals surface area contributed by atoms with Crippen LogP contribution in [0.25, 0.3) is 5.57 Å². The zero-order chi connectivity index (χ0) is 19.7. The van der Waals surface area contributed by atoms with Gasteiger partial charge in [-0.15, -0.1) is 0 Å². The Labute approximate surface area is 171 Å². The average molecular weight is 402 g/mol. The Morgan fingerprint density at radius 3 is 2.18 bits per heavy atom. The number of nitrogens with zero attached hydrogens (tertiary/aromatic N) is 3. The summed E-state index contributed by atoms with van der Waals surface area (Å²) in [4.78, 5) is 33.0. The smallest absolute Gasteiger partial charge is 0.278 e. The molecule has 5 nitrogen and oxygen atoms in total. The number of imide groups is 1. The fourth-order valence-corrected chi connectivity index (χ4v) is 4.79. The van der Waals surface area contributed by atoms with Crippen molar-refractivity contribution in [3.63, 3.8) is 0 Å². The largest absolute Gasteiger partial charge is 0.364 e. The van der Waals surface area contributed by atoms with Crippen molar-refractivity contribution in [1.29, 1.82) is 0 Å². The summed E-state index contributed by atoms with van der Waals surface area (Å²) < 4.78 is 0. The van der Waals surface area contributed by atoms with Crippen molar-refractivity contribution in [2.24, 2.45) is 0 Å². The molecule has 2 fully saturated rings. The third kappa shape index (κ3) is 3.58. The first-order chi connectivity index (χ1) is 13.6. The first kappa shape index (κ1) is 19.5. The number of amides is 2. The summed E-state index contributed by atoms with van der Waals surface area (Å²) in [6, 6.07) is 7.32. The number of carbonyl (C=O) groups is 2. The van der Waals surface area contributed by atoms with Crippen LogP contribution < -0.4 is 0 Å². The lowest BCUT2D eigenvalue weighted by Crippen LogP contribution is -2.48. The van der Waals surface area contributed by atoms with Gasteiger partial charge in [0, 0.05) is 37.2 Å². The van der Waals surface area contributed by atoms with Crippen molar-refractivity contribution >= 4 is 29.0 Å². The van der Waals surface area contributed by atoms with E-state index in [1.165, 1.54) is 6.42 Å². The van der Waals surface area contributed by atoms with Gasteiger partial charge in [0.25, 0.3) is 11.8 Å². The molecule has 0 radical (unpaired) electrons. The molecule has 4 rings (SSSR count). The van der Waals surface area contributed by atoms with Crippen molar-refractivity contribution in [2.75, 3.05) is 32.7 Å². The molecule has 1 aromatic carbocycles. The number of halogens is 1. The molecular weight excluding hydrogens is 374 g/mol. The molecule has 28 heavy (non-hydrogen) atoms. The Bertz CT molecular complexity index is 775. The Morgan fingerprint density at radius 2 is 1.57 bits per heavy atom. The first-order valence-corrected chi connectivity index (χ1v) is 10.8. The van der Waals surface area contributed by atoms with Crippen molar-refractivity contribution in [1.82, 2.24) is 14.7 Å². The van der Waals surface area contributed by atoms with E-state index in [4.69, 9.17) is 11.6 Å². The van der Waals surface area contributed by atoms with E-state index in [1.54, 1.807) is 17.0 Å². The highest BCUT2D eigenvalue weighted by Gasteiger charge is 2.45. The van der Waals surface area contributed by atoms with Gasteiger partial charge in [0.15, 0.2) is 0 Å². The number of benzene rings is 1. The van der Waals surface area contributed by atoms with Gasteiger partial charge in [-0.25, -0.2) is 0 Å². The second-order valence-corrected chi connectivity index (χ2v) is 8.36. The molecule has 0 atom stereocenters. The second-order valence-electron chi connectivity index (χ2n) is 7.92. The fourth-order valence-electron chi connectivity index (χ4n) is 4.66. The molecule has 2 amide bonds. The van der Waals surface area contributed by atoms with E-state index in [-0.39, 0.29) is 17.9 Å². The fraction of sp³-hybridized carbons (Fsp3) is 0.545. The zero-order valence-electron chi connectivity index (χ0n) is 16.5. The molecule has 1 saturated carbocycles. The van der Waals surface area contributed by atoms with Crippen LogP contribution in [0.15, 0.2) is 30.0 Å². The Balaban J connectivity index is 1.70. The third-order valence-corrected chi connectivity index (χ3v) is 6.55. The van der Waals surface area contributed by atoms with Gasteiger partial charge in [-0.3, -0.25) is 14.5 Å². The molecule has 0 unspecified atom stereocenters. The predicted molar refractivity (Wildman–Crippen MR) is 111 cm³/mol. The number of likely N-dealkylation sites (N-methyl/N-ethyl adjacent to an activating group) is 1. The molecule has 1 aromatic rings. The molecular formula is C22H28ClN3O2. The second kappa shape index (κ2) is 8.26. The van der Waals surface area contributed by atoms with E-state index >= 15 is 0 Å². The summed E-state index contributed by atoms with van der Waals surface area (Å²) in [5.74, 6) is -0.237. The number of carbonyl (C=O) groups excluding carboxylic acids is 2. The van der Waals surface area contributed by atoms with Gasteiger partial charge >= 0.3 is 0 Å². The maximum atomic E-state index is 13.5. The van der Waals surface area contributed by atoms with E-state index < -0.39 is 0 Å². The maximum Gasteiger partial charge on any atom is 0.278 e. The normalized spacial score (nSPS) is 22.5. The van der Waals surface area contributed by atoms with Gasteiger partial charge in [0.2, 0.25) is 0 Å². The Hall–Kier alpha value is -1.85. The lowest BCUT2D eigenvalue weighted by Gasteiger charge is -2.36. The Kier molecular flexibility index (Phi) is 5.74. The van der Waals surface area contributed by atoms with Crippen LogP contribution in [-0.2, 0) is 9.59 Å². The standard InChI is InChI=1S/C22H28ClN3O2/c1-2-24-12-14-25(15-13-24)20-19(16-8-10-17(23)11-9-16)21(27)26(22(20)28)18-6-4-3-5-7-18/h8-11,18H,2-7,12-15H2,1H3. The number of piperazine rings is 1. The van der Waals surface area contributed by atoms with Gasteiger partial charge in [0.05, 0.1) is 5.57 Å². The number of hydrogen-bond acceptors (Lipinski definition) is 4. The van der Waals surface area contributed by atoms with Crippen molar-refractivity contribution in [3.8, 4) is 0 Å². The summed E-state index contributed by atoms with van der Waals surface area (Å²) in [5, 5.41) is 0.628. The van der Waals surface area contributed by atoms with E-state index in [9.17, 15) is 9.59 Å². The molecule has 1 aliphatic carbocycles. The molecule has 2 aliphatic heterocycles. The van der Waals surface area contributed by atoms with Crippen molar-refractivity contribution in [2.45, 2.75) is 45.1 Å². The minimum absolute atomic E-state index is 0.0329. The molecule has 0 bridgehead atoms. The molecule has 0 aromatic heterocycles. The van der Waals surface area contributed by atoms with Gasteiger partial charge in [-0.05, 0) is 37.1 Å². The van der Waals surface area contributed by atoms with Crippen molar-refractivity contribution < 1.29 is 9.59 Å². The summed E-state index contributed by atoms with van der Waals surface area (Å²) in [7, 11) is 0. The first-order valence-electron chi connectivity index (χ1n) is 10.5. The molecule has 3 aliphatic rings. The SMILES string of the molecule is CCN1CCN(C2=C(c3ccc(Cl)cc3)C(=O)N(C3CCCCC3)C2=O)CC1. The highest BCUT2D eigenvalue weighted by molar-refractivity contribution is 6.36. The lowest BCUT2D eigenvalue weighted by atomic mass is 9.94. The predicted octanol–water partition coefficient (Wildman–Crippen LogP) is 3.39. The molecule has 2 heterocycles. The van der Waals surface area contributed by atoms with Gasteiger partial charge < -0.3 is 9.80 Å². The van der Waals surface area contributed by atoms with Crippen LogP contribution in [0.4, 0.5) is 0 Å². The van der Waals surface area contributed by atoms with E-state index in [1.807, 2.05) is 12.1 Å². The summed E-state index contributed by atoms with van der Waals surface area (Å²) in [6.07, 6.45) is 5.20. The van der Waals surface area contributed by atoms with Gasteiger partial charge in [-0.1, -0.05) is 49.9 Å². The van der Waals surface area contributed by atoms with E-state index in [0.717, 1.165) is 64.0 Å². The van der Waals surface area contributed by atoms with Crippen LogP contribution >= 0.6 is 11.6 Å². The van der Waals surface area contributed by atoms with Crippen LogP contribution in [0.5, 0.6) is 0 Å². The summed E-state index contributed by atoms with van der Waals surface area (Å²) in [6.45, 7) is 6.55. The molecule has 1 saturated heterocycles. The van der Waals surface area contributed by atoms with Crippen LogP contribution in [-0.4, -0.2) is 65.3 Å². The average Bonchev–Trinajstić information content (AvgIpc) is 2.99.